The number of piperidine rings is 1. The lowest BCUT2D eigenvalue weighted by molar-refractivity contribution is 0.0369. The van der Waals surface area contributed by atoms with Crippen molar-refractivity contribution in [2.75, 3.05) is 19.6 Å². The summed E-state index contributed by atoms with van der Waals surface area (Å²) >= 11 is 5.45. The topological polar surface area (TPSA) is 27.3 Å². The van der Waals surface area contributed by atoms with Gasteiger partial charge in [-0.05, 0) is 63.8 Å². The van der Waals surface area contributed by atoms with Crippen molar-refractivity contribution in [3.8, 4) is 0 Å². The summed E-state index contributed by atoms with van der Waals surface area (Å²) in [5.41, 5.74) is 0.383. The minimum Gasteiger partial charge on any atom is -0.361 e. The maximum Gasteiger partial charge on any atom is 0.166 e. The Morgan fingerprint density at radius 2 is 1.65 bits per heavy atom. The van der Waals surface area contributed by atoms with Crippen LogP contribution in [0.3, 0.4) is 0 Å². The first-order valence-corrected chi connectivity index (χ1v) is 8.99. The molecule has 3 rings (SSSR count). The molecule has 0 aromatic carbocycles. The molecule has 114 valence electrons. The molecule has 2 aliphatic carbocycles. The van der Waals surface area contributed by atoms with Crippen molar-refractivity contribution in [3.63, 3.8) is 0 Å². The van der Waals surface area contributed by atoms with Gasteiger partial charge in [-0.25, -0.2) is 0 Å². The first-order chi connectivity index (χ1) is 9.78. The molecule has 2 saturated carbocycles. The van der Waals surface area contributed by atoms with Crippen LogP contribution in [0.15, 0.2) is 0 Å². The smallest absolute Gasteiger partial charge is 0.166 e. The monoisotopic (exact) mass is 295 g/mol. The second kappa shape index (κ2) is 6.61. The Bertz CT molecular complexity index is 329. The zero-order valence-electron chi connectivity index (χ0n) is 12.6. The average molecular weight is 295 g/mol. The minimum atomic E-state index is 0.383. The summed E-state index contributed by atoms with van der Waals surface area (Å²) in [6.07, 6.45) is 13.7. The fourth-order valence-electron chi connectivity index (χ4n) is 3.89. The van der Waals surface area contributed by atoms with E-state index in [1.165, 1.54) is 77.3 Å². The molecule has 1 heterocycles. The number of nitrogens with zero attached hydrogens (tertiary/aromatic N) is 1. The van der Waals surface area contributed by atoms with Crippen molar-refractivity contribution in [1.29, 1.82) is 0 Å². The summed E-state index contributed by atoms with van der Waals surface area (Å²) in [7, 11) is 0. The molecular weight excluding hydrogens is 266 g/mol. The molecule has 0 bridgehead atoms. The standard InChI is InChI=1S/C16H29N3S/c20-15(18-14-7-8-14)17-13-16(9-3-1-4-10-16)19-11-5-2-6-12-19/h14H,1-13H2,(H2,17,18,20). The van der Waals surface area contributed by atoms with Gasteiger partial charge in [-0.15, -0.1) is 0 Å². The summed E-state index contributed by atoms with van der Waals surface area (Å²) in [6, 6.07) is 0.660. The Morgan fingerprint density at radius 3 is 2.30 bits per heavy atom. The predicted octanol–water partition coefficient (Wildman–Crippen LogP) is 2.80. The lowest BCUT2D eigenvalue weighted by Crippen LogP contribution is -2.59. The Labute approximate surface area is 128 Å². The maximum atomic E-state index is 5.45. The fourth-order valence-corrected chi connectivity index (χ4v) is 4.13. The lowest BCUT2D eigenvalue weighted by Gasteiger charge is -2.48. The van der Waals surface area contributed by atoms with Crippen molar-refractivity contribution in [2.45, 2.75) is 75.8 Å². The number of thiocarbonyl (C=S) groups is 1. The zero-order valence-corrected chi connectivity index (χ0v) is 13.4. The third-order valence-electron chi connectivity index (χ3n) is 5.30. The van der Waals surface area contributed by atoms with Gasteiger partial charge in [-0.1, -0.05) is 25.7 Å². The van der Waals surface area contributed by atoms with Crippen LogP contribution in [0.1, 0.15) is 64.2 Å². The largest absolute Gasteiger partial charge is 0.361 e. The highest BCUT2D eigenvalue weighted by Crippen LogP contribution is 2.35. The molecule has 0 unspecified atom stereocenters. The number of likely N-dealkylation sites (tertiary alicyclic amines) is 1. The highest BCUT2D eigenvalue weighted by molar-refractivity contribution is 7.80. The van der Waals surface area contributed by atoms with Gasteiger partial charge in [0.25, 0.3) is 0 Å². The normalized spacial score (nSPS) is 27.0. The molecule has 0 atom stereocenters. The molecule has 20 heavy (non-hydrogen) atoms. The minimum absolute atomic E-state index is 0.383. The van der Waals surface area contributed by atoms with Gasteiger partial charge in [0, 0.05) is 18.1 Å². The van der Waals surface area contributed by atoms with E-state index in [1.54, 1.807) is 0 Å². The van der Waals surface area contributed by atoms with Crippen LogP contribution in [0.4, 0.5) is 0 Å². The number of hydrogen-bond acceptors (Lipinski definition) is 2. The molecule has 1 aliphatic heterocycles. The molecule has 0 spiro atoms. The van der Waals surface area contributed by atoms with Crippen molar-refractivity contribution in [1.82, 2.24) is 15.5 Å². The zero-order chi connectivity index (χ0) is 13.8. The summed E-state index contributed by atoms with van der Waals surface area (Å²) in [5.74, 6) is 0. The van der Waals surface area contributed by atoms with Crippen molar-refractivity contribution < 1.29 is 0 Å². The highest BCUT2D eigenvalue weighted by atomic mass is 32.1. The molecule has 2 N–H and O–H groups in total. The van der Waals surface area contributed by atoms with Crippen LogP contribution >= 0.6 is 12.2 Å². The van der Waals surface area contributed by atoms with E-state index in [9.17, 15) is 0 Å². The Balaban J connectivity index is 1.57. The van der Waals surface area contributed by atoms with Gasteiger partial charge in [0.15, 0.2) is 5.11 Å². The van der Waals surface area contributed by atoms with Crippen molar-refractivity contribution >= 4 is 17.3 Å². The molecule has 3 nitrogen and oxygen atoms in total. The van der Waals surface area contributed by atoms with E-state index < -0.39 is 0 Å². The van der Waals surface area contributed by atoms with Crippen LogP contribution in [0.2, 0.25) is 0 Å². The Morgan fingerprint density at radius 1 is 1.00 bits per heavy atom. The summed E-state index contributed by atoms with van der Waals surface area (Å²) in [6.45, 7) is 3.64. The van der Waals surface area contributed by atoms with Crippen LogP contribution in [0, 0.1) is 0 Å². The third kappa shape index (κ3) is 3.64. The summed E-state index contributed by atoms with van der Waals surface area (Å²) in [5, 5.41) is 7.84. The Hall–Kier alpha value is -0.350. The molecule has 4 heteroatoms. The van der Waals surface area contributed by atoms with Gasteiger partial charge in [0.2, 0.25) is 0 Å². The van der Waals surface area contributed by atoms with E-state index in [-0.39, 0.29) is 0 Å². The molecule has 3 fully saturated rings. The van der Waals surface area contributed by atoms with Gasteiger partial charge in [0.1, 0.15) is 0 Å². The fraction of sp³-hybridized carbons (Fsp3) is 0.938. The third-order valence-corrected chi connectivity index (χ3v) is 5.56. The molecule has 0 radical (unpaired) electrons. The number of hydrogen-bond donors (Lipinski definition) is 2. The van der Waals surface area contributed by atoms with E-state index in [0.29, 0.717) is 11.6 Å². The predicted molar refractivity (Wildman–Crippen MR) is 88.0 cm³/mol. The SMILES string of the molecule is S=C(NCC1(N2CCCCC2)CCCCC1)NC1CC1. The first-order valence-electron chi connectivity index (χ1n) is 8.58. The lowest BCUT2D eigenvalue weighted by atomic mass is 9.79. The van der Waals surface area contributed by atoms with Crippen molar-refractivity contribution in [2.24, 2.45) is 0 Å². The van der Waals surface area contributed by atoms with Crippen LogP contribution in [0.5, 0.6) is 0 Å². The van der Waals surface area contributed by atoms with E-state index in [0.717, 1.165) is 11.7 Å². The van der Waals surface area contributed by atoms with Crippen LogP contribution in [-0.2, 0) is 0 Å². The van der Waals surface area contributed by atoms with Crippen LogP contribution < -0.4 is 10.6 Å². The molecule has 3 aliphatic rings. The van der Waals surface area contributed by atoms with Crippen molar-refractivity contribution in [3.05, 3.63) is 0 Å². The second-order valence-electron chi connectivity index (χ2n) is 6.93. The summed E-state index contributed by atoms with van der Waals surface area (Å²) in [4.78, 5) is 2.78. The van der Waals surface area contributed by atoms with E-state index in [4.69, 9.17) is 12.2 Å². The average Bonchev–Trinajstić information content (AvgIpc) is 3.31. The highest BCUT2D eigenvalue weighted by Gasteiger charge is 2.38. The van der Waals surface area contributed by atoms with Gasteiger partial charge in [-0.3, -0.25) is 4.90 Å². The molecule has 0 aromatic rings. The molecular formula is C16H29N3S. The van der Waals surface area contributed by atoms with Crippen LogP contribution in [-0.4, -0.2) is 41.2 Å². The second-order valence-corrected chi connectivity index (χ2v) is 7.34. The van der Waals surface area contributed by atoms with Gasteiger partial charge >= 0.3 is 0 Å². The quantitative estimate of drug-likeness (QED) is 0.780. The van der Waals surface area contributed by atoms with Crippen LogP contribution in [0.25, 0.3) is 0 Å². The van der Waals surface area contributed by atoms with Gasteiger partial charge in [0.05, 0.1) is 0 Å². The number of rotatable bonds is 4. The van der Waals surface area contributed by atoms with Gasteiger partial charge < -0.3 is 10.6 Å². The van der Waals surface area contributed by atoms with E-state index in [1.807, 2.05) is 0 Å². The number of nitrogens with one attached hydrogen (secondary N) is 2. The van der Waals surface area contributed by atoms with E-state index in [2.05, 4.69) is 15.5 Å². The molecule has 0 amide bonds. The summed E-state index contributed by atoms with van der Waals surface area (Å²) < 4.78 is 0. The molecule has 0 aromatic heterocycles. The maximum absolute atomic E-state index is 5.45. The van der Waals surface area contributed by atoms with Gasteiger partial charge in [-0.2, -0.15) is 0 Å². The Kier molecular flexibility index (Phi) is 4.82. The molecule has 1 saturated heterocycles. The first kappa shape index (κ1) is 14.6. The van der Waals surface area contributed by atoms with E-state index >= 15 is 0 Å².